The summed E-state index contributed by atoms with van der Waals surface area (Å²) in [5.74, 6) is -1.15. The smallest absolute Gasteiger partial charge is 0.316 e. The number of aromatic nitrogens is 4. The van der Waals surface area contributed by atoms with Gasteiger partial charge in [0.2, 0.25) is 5.91 Å². The number of hydrogen-bond donors (Lipinski definition) is 3. The van der Waals surface area contributed by atoms with E-state index in [-0.39, 0.29) is 48.1 Å². The van der Waals surface area contributed by atoms with Gasteiger partial charge in [0.25, 0.3) is 5.91 Å². The number of nitrogens with one attached hydrogen (secondary N) is 3. The average molecular weight is 535 g/mol. The molecule has 3 heterocycles. The van der Waals surface area contributed by atoms with Crippen molar-refractivity contribution in [1.82, 2.24) is 30.4 Å². The number of piperazine rings is 1. The zero-order valence-electron chi connectivity index (χ0n) is 22.3. The fourth-order valence-electron chi connectivity index (χ4n) is 4.98. The van der Waals surface area contributed by atoms with Crippen LogP contribution < -0.4 is 25.6 Å². The zero-order chi connectivity index (χ0) is 27.7. The number of halogens is 1. The van der Waals surface area contributed by atoms with Crippen molar-refractivity contribution in [2.75, 3.05) is 37.0 Å². The summed E-state index contributed by atoms with van der Waals surface area (Å²) in [6, 6.07) is 7.13. The molecule has 39 heavy (non-hydrogen) atoms. The molecule has 1 aliphatic heterocycles. The zero-order valence-corrected chi connectivity index (χ0v) is 22.3. The van der Waals surface area contributed by atoms with Crippen LogP contribution in [-0.4, -0.2) is 70.4 Å². The molecule has 2 aromatic heterocycles. The van der Waals surface area contributed by atoms with E-state index in [1.807, 2.05) is 6.07 Å². The van der Waals surface area contributed by atoms with Crippen molar-refractivity contribution in [1.29, 1.82) is 0 Å². The van der Waals surface area contributed by atoms with E-state index in [2.05, 4.69) is 49.8 Å². The molecule has 2 amide bonds. The van der Waals surface area contributed by atoms with Crippen molar-refractivity contribution in [2.45, 2.75) is 32.4 Å². The van der Waals surface area contributed by atoms with E-state index in [0.29, 0.717) is 22.0 Å². The highest BCUT2D eigenvalue weighted by Gasteiger charge is 2.25. The Morgan fingerprint density at radius 3 is 2.69 bits per heavy atom. The van der Waals surface area contributed by atoms with Crippen LogP contribution >= 0.6 is 0 Å². The highest BCUT2D eigenvalue weighted by atomic mass is 19.1. The molecule has 0 radical (unpaired) electrons. The molecule has 2 aromatic carbocycles. The van der Waals surface area contributed by atoms with Crippen molar-refractivity contribution in [3.05, 3.63) is 48.0 Å². The molecule has 0 spiro atoms. The standard InChI is InChI=1S/C27H31FN8O3/c1-15-12-36(13-16(2)31-15)22-6-5-19(25-20(22)11-30-27(33-25)39-8-7-23(37)29-3)26(38)32-18-9-17-14-35(4)34-24(17)21(28)10-18/h5-6,9-11,14-16,31H,7-8,12-13H2,1-4H3,(H,29,37)(H,32,38)/t15-,16-/m1/s1. The van der Waals surface area contributed by atoms with Gasteiger partial charge in [0.1, 0.15) is 12.1 Å². The lowest BCUT2D eigenvalue weighted by Crippen LogP contribution is -2.54. The molecule has 0 aliphatic carbocycles. The van der Waals surface area contributed by atoms with Crippen molar-refractivity contribution >= 4 is 45.0 Å². The number of anilines is 2. The second-order valence-electron chi connectivity index (χ2n) is 9.85. The van der Waals surface area contributed by atoms with Gasteiger partial charge in [-0.25, -0.2) is 9.37 Å². The van der Waals surface area contributed by atoms with E-state index >= 15 is 0 Å². The molecular formula is C27H31FN8O3. The third kappa shape index (κ3) is 5.60. The molecule has 0 saturated carbocycles. The minimum atomic E-state index is -0.528. The fraction of sp³-hybridized carbons (Fsp3) is 0.370. The van der Waals surface area contributed by atoms with Gasteiger partial charge in [-0.05, 0) is 38.1 Å². The fourth-order valence-corrected chi connectivity index (χ4v) is 4.98. The van der Waals surface area contributed by atoms with Gasteiger partial charge in [0.05, 0.1) is 17.5 Å². The summed E-state index contributed by atoms with van der Waals surface area (Å²) >= 11 is 0. The van der Waals surface area contributed by atoms with Gasteiger partial charge in [0.15, 0.2) is 5.82 Å². The van der Waals surface area contributed by atoms with E-state index < -0.39 is 11.7 Å². The maximum Gasteiger partial charge on any atom is 0.316 e. The van der Waals surface area contributed by atoms with Gasteiger partial charge in [-0.15, -0.1) is 0 Å². The van der Waals surface area contributed by atoms with Gasteiger partial charge in [-0.3, -0.25) is 14.3 Å². The van der Waals surface area contributed by atoms with Crippen LogP contribution in [0.25, 0.3) is 21.8 Å². The van der Waals surface area contributed by atoms with Gasteiger partial charge in [-0.1, -0.05) is 0 Å². The maximum absolute atomic E-state index is 14.6. The van der Waals surface area contributed by atoms with E-state index in [1.54, 1.807) is 38.6 Å². The molecule has 1 aliphatic rings. The molecule has 0 bridgehead atoms. The number of carbonyl (C=O) groups excluding carboxylic acids is 2. The Morgan fingerprint density at radius 1 is 1.18 bits per heavy atom. The second kappa shape index (κ2) is 10.8. The van der Waals surface area contributed by atoms with Crippen LogP contribution in [0, 0.1) is 5.82 Å². The minimum Gasteiger partial charge on any atom is -0.463 e. The average Bonchev–Trinajstić information content (AvgIpc) is 3.27. The molecule has 12 heteroatoms. The molecule has 11 nitrogen and oxygen atoms in total. The Bertz CT molecular complexity index is 1550. The number of carbonyl (C=O) groups is 2. The van der Waals surface area contributed by atoms with Crippen LogP contribution in [0.2, 0.25) is 0 Å². The summed E-state index contributed by atoms with van der Waals surface area (Å²) in [5, 5.41) is 14.2. The molecule has 0 unspecified atom stereocenters. The van der Waals surface area contributed by atoms with Crippen LogP contribution in [-0.2, 0) is 11.8 Å². The van der Waals surface area contributed by atoms with Crippen LogP contribution in [0.5, 0.6) is 6.01 Å². The third-order valence-corrected chi connectivity index (χ3v) is 6.62. The summed E-state index contributed by atoms with van der Waals surface area (Å²) in [5.41, 5.74) is 2.13. The van der Waals surface area contributed by atoms with Crippen LogP contribution in [0.1, 0.15) is 30.6 Å². The van der Waals surface area contributed by atoms with E-state index in [1.165, 1.54) is 10.7 Å². The van der Waals surface area contributed by atoms with E-state index in [4.69, 9.17) is 4.74 Å². The van der Waals surface area contributed by atoms with Crippen LogP contribution in [0.4, 0.5) is 15.8 Å². The summed E-state index contributed by atoms with van der Waals surface area (Å²) in [7, 11) is 3.26. The lowest BCUT2D eigenvalue weighted by Gasteiger charge is -2.38. The molecular weight excluding hydrogens is 503 g/mol. The number of fused-ring (bicyclic) bond motifs is 2. The Balaban J connectivity index is 1.51. The number of nitrogens with zero attached hydrogens (tertiary/aromatic N) is 5. The molecule has 1 saturated heterocycles. The normalized spacial score (nSPS) is 17.4. The molecule has 4 aromatic rings. The van der Waals surface area contributed by atoms with Crippen molar-refractivity contribution in [2.24, 2.45) is 7.05 Å². The Morgan fingerprint density at radius 2 is 1.95 bits per heavy atom. The van der Waals surface area contributed by atoms with Gasteiger partial charge in [0, 0.05) is 73.8 Å². The SMILES string of the molecule is CNC(=O)CCOc1ncc2c(N3C[C@@H](C)N[C@H](C)C3)ccc(C(=O)Nc3cc(F)c4nn(C)cc4c3)c2n1. The first kappa shape index (κ1) is 26.3. The largest absolute Gasteiger partial charge is 0.463 e. The van der Waals surface area contributed by atoms with Crippen molar-refractivity contribution in [3.63, 3.8) is 0 Å². The second-order valence-corrected chi connectivity index (χ2v) is 9.85. The summed E-state index contributed by atoms with van der Waals surface area (Å²) in [6.45, 7) is 5.89. The number of aryl methyl sites for hydroxylation is 1. The number of rotatable bonds is 7. The molecule has 5 rings (SSSR count). The van der Waals surface area contributed by atoms with Gasteiger partial charge < -0.3 is 25.6 Å². The summed E-state index contributed by atoms with van der Waals surface area (Å²) in [6.07, 6.45) is 3.47. The van der Waals surface area contributed by atoms with Crippen molar-refractivity contribution in [3.8, 4) is 6.01 Å². The molecule has 1 fully saturated rings. The van der Waals surface area contributed by atoms with E-state index in [0.717, 1.165) is 18.8 Å². The Labute approximate surface area is 224 Å². The summed E-state index contributed by atoms with van der Waals surface area (Å²) in [4.78, 5) is 36.3. The van der Waals surface area contributed by atoms with Gasteiger partial charge >= 0.3 is 6.01 Å². The minimum absolute atomic E-state index is 0.0578. The number of amides is 2. The molecule has 2 atom stereocenters. The monoisotopic (exact) mass is 534 g/mol. The molecule has 204 valence electrons. The summed E-state index contributed by atoms with van der Waals surface area (Å²) < 4.78 is 21.8. The highest BCUT2D eigenvalue weighted by molar-refractivity contribution is 6.14. The maximum atomic E-state index is 14.6. The topological polar surface area (TPSA) is 126 Å². The Hall–Kier alpha value is -4.32. The number of ether oxygens (including phenoxy) is 1. The predicted molar refractivity (Wildman–Crippen MR) is 147 cm³/mol. The third-order valence-electron chi connectivity index (χ3n) is 6.62. The van der Waals surface area contributed by atoms with Crippen LogP contribution in [0.3, 0.4) is 0 Å². The highest BCUT2D eigenvalue weighted by Crippen LogP contribution is 2.31. The molecule has 3 N–H and O–H groups in total. The van der Waals surface area contributed by atoms with Gasteiger partial charge in [-0.2, -0.15) is 10.1 Å². The lowest BCUT2D eigenvalue weighted by atomic mass is 10.0. The number of benzene rings is 2. The predicted octanol–water partition coefficient (Wildman–Crippen LogP) is 2.61. The van der Waals surface area contributed by atoms with Crippen LogP contribution in [0.15, 0.2) is 36.7 Å². The van der Waals surface area contributed by atoms with E-state index in [9.17, 15) is 14.0 Å². The quantitative estimate of drug-likeness (QED) is 0.330. The number of hydrogen-bond acceptors (Lipinski definition) is 8. The van der Waals surface area contributed by atoms with Crippen molar-refractivity contribution < 1.29 is 18.7 Å². The first-order chi connectivity index (χ1) is 18.7. The Kier molecular flexibility index (Phi) is 7.29. The lowest BCUT2D eigenvalue weighted by molar-refractivity contribution is -0.121. The first-order valence-corrected chi connectivity index (χ1v) is 12.8. The first-order valence-electron chi connectivity index (χ1n) is 12.8.